The molecule has 0 unspecified atom stereocenters. The van der Waals surface area contributed by atoms with Crippen molar-refractivity contribution in [3.63, 3.8) is 0 Å². The van der Waals surface area contributed by atoms with Crippen LogP contribution in [0.4, 0.5) is 0 Å². The molecule has 25 heavy (non-hydrogen) atoms. The summed E-state index contributed by atoms with van der Waals surface area (Å²) in [6, 6.07) is 3.77. The molecule has 0 radical (unpaired) electrons. The predicted molar refractivity (Wildman–Crippen MR) is 95.7 cm³/mol. The van der Waals surface area contributed by atoms with E-state index in [0.29, 0.717) is 17.7 Å². The lowest BCUT2D eigenvalue weighted by atomic mass is 9.96. The van der Waals surface area contributed by atoms with Gasteiger partial charge in [0.2, 0.25) is 0 Å². The molecule has 0 saturated carbocycles. The fourth-order valence-electron chi connectivity index (χ4n) is 3.43. The Balaban J connectivity index is 1.78. The number of hydrogen-bond acceptors (Lipinski definition) is 4. The van der Waals surface area contributed by atoms with Crippen LogP contribution in [0.5, 0.6) is 0 Å². The zero-order valence-corrected chi connectivity index (χ0v) is 14.8. The molecule has 0 spiro atoms. The van der Waals surface area contributed by atoms with E-state index in [9.17, 15) is 9.59 Å². The van der Waals surface area contributed by atoms with E-state index >= 15 is 0 Å². The number of fused-ring (bicyclic) bond motifs is 1. The number of hydrogen-bond donors (Lipinski definition) is 2. The Labute approximate surface area is 147 Å². The number of nitrogens with zero attached hydrogens (tertiary/aromatic N) is 2. The van der Waals surface area contributed by atoms with Crippen LogP contribution in [0.25, 0.3) is 0 Å². The van der Waals surface area contributed by atoms with E-state index in [-0.39, 0.29) is 18.0 Å². The lowest BCUT2D eigenvalue weighted by Gasteiger charge is -2.15. The number of H-pyrrole nitrogens is 1. The van der Waals surface area contributed by atoms with Gasteiger partial charge in [0, 0.05) is 17.8 Å². The fourth-order valence-corrected chi connectivity index (χ4v) is 3.43. The highest BCUT2D eigenvalue weighted by molar-refractivity contribution is 5.92. The third-order valence-electron chi connectivity index (χ3n) is 4.80. The zero-order chi connectivity index (χ0) is 17.8. The van der Waals surface area contributed by atoms with E-state index in [0.717, 1.165) is 42.6 Å². The summed E-state index contributed by atoms with van der Waals surface area (Å²) in [7, 11) is 0. The van der Waals surface area contributed by atoms with Crippen molar-refractivity contribution in [1.82, 2.24) is 20.5 Å². The maximum absolute atomic E-state index is 12.5. The second kappa shape index (κ2) is 7.59. The Hall–Kier alpha value is -2.50. The first kappa shape index (κ1) is 17.3. The van der Waals surface area contributed by atoms with Gasteiger partial charge < -0.3 is 5.32 Å². The van der Waals surface area contributed by atoms with Gasteiger partial charge in [-0.1, -0.05) is 19.9 Å². The van der Waals surface area contributed by atoms with Crippen molar-refractivity contribution < 1.29 is 4.79 Å². The van der Waals surface area contributed by atoms with Gasteiger partial charge in [0.15, 0.2) is 0 Å². The topological polar surface area (TPSA) is 87.7 Å². The van der Waals surface area contributed by atoms with Crippen molar-refractivity contribution >= 4 is 5.91 Å². The van der Waals surface area contributed by atoms with Crippen LogP contribution in [0.1, 0.15) is 65.3 Å². The average Bonchev–Trinajstić information content (AvgIpc) is 2.66. The van der Waals surface area contributed by atoms with Crippen molar-refractivity contribution in [1.29, 1.82) is 0 Å². The van der Waals surface area contributed by atoms with Crippen LogP contribution in [-0.2, 0) is 32.2 Å². The van der Waals surface area contributed by atoms with Crippen molar-refractivity contribution in [2.45, 2.75) is 58.9 Å². The van der Waals surface area contributed by atoms with E-state index in [1.807, 2.05) is 19.9 Å². The monoisotopic (exact) mass is 340 g/mol. The van der Waals surface area contributed by atoms with E-state index in [4.69, 9.17) is 0 Å². The van der Waals surface area contributed by atoms with Gasteiger partial charge in [-0.05, 0) is 55.7 Å². The van der Waals surface area contributed by atoms with Crippen molar-refractivity contribution in [3.8, 4) is 0 Å². The number of aromatic nitrogens is 3. The van der Waals surface area contributed by atoms with Gasteiger partial charge in [-0.15, -0.1) is 0 Å². The summed E-state index contributed by atoms with van der Waals surface area (Å²) >= 11 is 0. The summed E-state index contributed by atoms with van der Waals surface area (Å²) in [6.45, 7) is 4.18. The maximum Gasteiger partial charge on any atom is 0.270 e. The van der Waals surface area contributed by atoms with Crippen molar-refractivity contribution in [2.24, 2.45) is 0 Å². The molecule has 2 heterocycles. The van der Waals surface area contributed by atoms with Crippen LogP contribution >= 0.6 is 0 Å². The zero-order valence-electron chi connectivity index (χ0n) is 14.8. The molecule has 2 aromatic rings. The van der Waals surface area contributed by atoms with Crippen molar-refractivity contribution in [2.75, 3.05) is 0 Å². The van der Waals surface area contributed by atoms with Gasteiger partial charge in [-0.2, -0.15) is 5.10 Å². The Bertz CT molecular complexity index is 842. The Morgan fingerprint density at radius 2 is 1.96 bits per heavy atom. The number of rotatable bonds is 5. The minimum Gasteiger partial charge on any atom is -0.346 e. The molecule has 3 rings (SSSR count). The third-order valence-corrected chi connectivity index (χ3v) is 4.80. The molecule has 6 heteroatoms. The summed E-state index contributed by atoms with van der Waals surface area (Å²) in [6.07, 6.45) is 5.73. The molecule has 132 valence electrons. The Morgan fingerprint density at radius 3 is 2.72 bits per heavy atom. The molecular weight excluding hydrogens is 316 g/mol. The molecule has 6 nitrogen and oxygen atoms in total. The standard InChI is InChI=1S/C19H24N4O2/c1-3-13-14(18(24)23-22-15(13)4-2)11-20-19(25)17-10-9-12-7-5-6-8-16(12)21-17/h9-10H,3-8,11H2,1-2H3,(H,20,25)(H,23,24). The van der Waals surface area contributed by atoms with Crippen LogP contribution in [-0.4, -0.2) is 21.1 Å². The van der Waals surface area contributed by atoms with Crippen LogP contribution < -0.4 is 10.9 Å². The van der Waals surface area contributed by atoms with Crippen LogP contribution in [0.15, 0.2) is 16.9 Å². The molecule has 0 atom stereocenters. The number of carbonyl (C=O) groups is 1. The smallest absolute Gasteiger partial charge is 0.270 e. The van der Waals surface area contributed by atoms with Gasteiger partial charge in [0.25, 0.3) is 11.5 Å². The minimum atomic E-state index is -0.246. The van der Waals surface area contributed by atoms with Gasteiger partial charge in [0.05, 0.1) is 5.69 Å². The third kappa shape index (κ3) is 3.62. The number of aromatic amines is 1. The molecule has 1 aliphatic carbocycles. The second-order valence-electron chi connectivity index (χ2n) is 6.36. The van der Waals surface area contributed by atoms with Gasteiger partial charge in [0.1, 0.15) is 5.69 Å². The number of carbonyl (C=O) groups excluding carboxylic acids is 1. The molecule has 0 aromatic carbocycles. The summed E-state index contributed by atoms with van der Waals surface area (Å²) in [5.41, 5.74) is 4.83. The summed E-state index contributed by atoms with van der Waals surface area (Å²) in [4.78, 5) is 29.1. The normalized spacial score (nSPS) is 13.4. The molecule has 0 aliphatic heterocycles. The molecule has 0 bridgehead atoms. The largest absolute Gasteiger partial charge is 0.346 e. The van der Waals surface area contributed by atoms with E-state index in [1.165, 1.54) is 12.0 Å². The average molecular weight is 340 g/mol. The number of nitrogens with one attached hydrogen (secondary N) is 2. The van der Waals surface area contributed by atoms with Gasteiger partial charge in [-0.3, -0.25) is 9.59 Å². The molecule has 0 fully saturated rings. The predicted octanol–water partition coefficient (Wildman–Crippen LogP) is 2.10. The first-order valence-corrected chi connectivity index (χ1v) is 9.00. The first-order valence-electron chi connectivity index (χ1n) is 9.00. The second-order valence-corrected chi connectivity index (χ2v) is 6.36. The molecular formula is C19H24N4O2. The molecule has 2 aromatic heterocycles. The maximum atomic E-state index is 12.5. The highest BCUT2D eigenvalue weighted by Gasteiger charge is 2.16. The highest BCUT2D eigenvalue weighted by Crippen LogP contribution is 2.19. The van der Waals surface area contributed by atoms with E-state index < -0.39 is 0 Å². The van der Waals surface area contributed by atoms with Crippen LogP contribution in [0.2, 0.25) is 0 Å². The summed E-state index contributed by atoms with van der Waals surface area (Å²) in [5.74, 6) is -0.246. The number of aryl methyl sites for hydroxylation is 3. The SMILES string of the molecule is CCc1n[nH]c(=O)c(CNC(=O)c2ccc3c(n2)CCCC3)c1CC. The number of amides is 1. The lowest BCUT2D eigenvalue weighted by Crippen LogP contribution is -2.30. The minimum absolute atomic E-state index is 0.186. The molecule has 1 amide bonds. The number of pyridine rings is 1. The quantitative estimate of drug-likeness (QED) is 0.872. The van der Waals surface area contributed by atoms with Crippen molar-refractivity contribution in [3.05, 3.63) is 56.3 Å². The van der Waals surface area contributed by atoms with Gasteiger partial charge in [-0.25, -0.2) is 10.1 Å². The Morgan fingerprint density at radius 1 is 1.16 bits per heavy atom. The lowest BCUT2D eigenvalue weighted by molar-refractivity contribution is 0.0945. The van der Waals surface area contributed by atoms with E-state index in [1.54, 1.807) is 6.07 Å². The van der Waals surface area contributed by atoms with E-state index in [2.05, 4.69) is 20.5 Å². The highest BCUT2D eigenvalue weighted by atomic mass is 16.2. The molecule has 1 aliphatic rings. The van der Waals surface area contributed by atoms with Gasteiger partial charge >= 0.3 is 0 Å². The molecule has 2 N–H and O–H groups in total. The molecule has 0 saturated heterocycles. The first-order chi connectivity index (χ1) is 12.1. The summed E-state index contributed by atoms with van der Waals surface area (Å²) < 4.78 is 0. The van der Waals surface area contributed by atoms with Crippen LogP contribution in [0.3, 0.4) is 0 Å². The summed E-state index contributed by atoms with van der Waals surface area (Å²) in [5, 5.41) is 9.46. The fraction of sp³-hybridized carbons (Fsp3) is 0.474. The van der Waals surface area contributed by atoms with Crippen LogP contribution in [0, 0.1) is 0 Å². The Kier molecular flexibility index (Phi) is 5.26.